The van der Waals surface area contributed by atoms with Gasteiger partial charge in [-0.3, -0.25) is 0 Å². The van der Waals surface area contributed by atoms with Crippen LogP contribution in [-0.2, 0) is 0 Å². The van der Waals surface area contributed by atoms with Gasteiger partial charge in [0.2, 0.25) is 0 Å². The molecule has 0 aliphatic carbocycles. The van der Waals surface area contributed by atoms with E-state index in [0.29, 0.717) is 0 Å². The Morgan fingerprint density at radius 3 is 0.938 bits per heavy atom. The number of aromatic nitrogens is 6. The molecule has 3 aromatic heterocycles. The molecule has 0 atom stereocenters. The van der Waals surface area contributed by atoms with Crippen LogP contribution in [0.5, 0.6) is 0 Å². The molecule has 3 heterocycles. The van der Waals surface area contributed by atoms with E-state index in [1.165, 1.54) is 19.0 Å². The topological polar surface area (TPSA) is 81.0 Å². The van der Waals surface area contributed by atoms with E-state index >= 15 is 0 Å². The van der Waals surface area contributed by atoms with Crippen molar-refractivity contribution in [1.29, 1.82) is 0 Å². The summed E-state index contributed by atoms with van der Waals surface area (Å²) in [7, 11) is 0. The van der Waals surface area contributed by atoms with Crippen molar-refractivity contribution in [2.75, 3.05) is 0 Å². The molecular weight excluding hydrogens is 223 g/mol. The second-order valence-corrected chi connectivity index (χ2v) is 2.14. The molecule has 7 heteroatoms. The number of hydrogen-bond acceptors (Lipinski definition) is 3. The molecule has 0 aliphatic heterocycles. The van der Waals surface area contributed by atoms with Crippen molar-refractivity contribution >= 4 is 9.90 Å². The molecule has 3 aromatic rings. The number of imidazole rings is 3. The molecule has 0 N–H and O–H groups in total. The minimum atomic E-state index is 0. The van der Waals surface area contributed by atoms with Gasteiger partial charge in [-0.25, -0.2) is 0 Å². The Hall–Kier alpha value is -1.94. The number of rotatable bonds is 0. The maximum atomic E-state index is 3.61. The molecule has 6 nitrogen and oxygen atoms in total. The smallest absolute Gasteiger partial charge is 0.450 e. The van der Waals surface area contributed by atoms with Gasteiger partial charge >= 0.3 is 9.90 Å². The first-order valence-corrected chi connectivity index (χ1v) is 4.10. The van der Waals surface area contributed by atoms with Crippen molar-refractivity contribution in [1.82, 2.24) is 29.9 Å². The first-order valence-electron chi connectivity index (χ1n) is 4.10. The van der Waals surface area contributed by atoms with Gasteiger partial charge in [-0.1, -0.05) is 56.2 Å². The summed E-state index contributed by atoms with van der Waals surface area (Å²) >= 11 is 0. The Morgan fingerprint density at radius 1 is 0.562 bits per heavy atom. The third-order valence-electron chi connectivity index (χ3n) is 1.12. The first kappa shape index (κ1) is 14.1. The predicted molar refractivity (Wildman–Crippen MR) is 59.6 cm³/mol. The summed E-state index contributed by atoms with van der Waals surface area (Å²) < 4.78 is 0. The van der Waals surface area contributed by atoms with Gasteiger partial charge in [0, 0.05) is 0 Å². The van der Waals surface area contributed by atoms with Gasteiger partial charge < -0.3 is 29.9 Å². The monoisotopic (exact) mass is 232 g/mol. The van der Waals surface area contributed by atoms with E-state index in [4.69, 9.17) is 0 Å². The number of hydrogen-bond donors (Lipinski definition) is 0. The summed E-state index contributed by atoms with van der Waals surface area (Å²) in [5.41, 5.74) is 0. The van der Waals surface area contributed by atoms with Crippen molar-refractivity contribution in [3.8, 4) is 0 Å². The molecule has 0 saturated carbocycles. The molecule has 0 unspecified atom stereocenters. The molecular formula is C9H9N6P. The van der Waals surface area contributed by atoms with Crippen LogP contribution in [0.2, 0.25) is 0 Å². The van der Waals surface area contributed by atoms with Gasteiger partial charge in [0.15, 0.2) is 0 Å². The van der Waals surface area contributed by atoms with Crippen LogP contribution in [0.3, 0.4) is 0 Å². The van der Waals surface area contributed by atoms with Gasteiger partial charge in [0.1, 0.15) is 0 Å². The average Bonchev–Trinajstić information content (AvgIpc) is 3.09. The standard InChI is InChI=1S/3C3H3N2.P/c3*1-2-5-3-4-1;/h3*1-3H;/q3*-1;+3. The normalized spacial score (nSPS) is 7.50. The van der Waals surface area contributed by atoms with Crippen LogP contribution in [0.25, 0.3) is 0 Å². The van der Waals surface area contributed by atoms with Crippen molar-refractivity contribution in [2.24, 2.45) is 0 Å². The molecule has 0 fully saturated rings. The first-order chi connectivity index (χ1) is 7.50. The largest absolute Gasteiger partial charge is 3.00 e. The van der Waals surface area contributed by atoms with E-state index in [2.05, 4.69) is 29.9 Å². The van der Waals surface area contributed by atoms with Crippen LogP contribution in [0.15, 0.2) is 56.2 Å². The fourth-order valence-electron chi connectivity index (χ4n) is 0.577. The predicted octanol–water partition coefficient (Wildman–Crippen LogP) is 0.978. The fraction of sp³-hybridized carbons (Fsp3) is 0. The van der Waals surface area contributed by atoms with Crippen molar-refractivity contribution in [3.63, 3.8) is 0 Å². The van der Waals surface area contributed by atoms with E-state index in [1.807, 2.05) is 0 Å². The molecule has 80 valence electrons. The molecule has 0 saturated heterocycles. The maximum absolute atomic E-state index is 3.61. The number of nitrogens with zero attached hydrogens (tertiary/aromatic N) is 6. The molecule has 0 aliphatic rings. The van der Waals surface area contributed by atoms with E-state index in [0.717, 1.165) is 0 Å². The van der Waals surface area contributed by atoms with Gasteiger partial charge in [0.05, 0.1) is 0 Å². The second kappa shape index (κ2) is 11.1. The summed E-state index contributed by atoms with van der Waals surface area (Å²) in [6.07, 6.45) is 14.3. The molecule has 0 amide bonds. The summed E-state index contributed by atoms with van der Waals surface area (Å²) in [6, 6.07) is 0. The zero-order valence-corrected chi connectivity index (χ0v) is 9.22. The van der Waals surface area contributed by atoms with Gasteiger partial charge in [-0.15, -0.1) is 0 Å². The Balaban J connectivity index is 0.000000205. The quantitative estimate of drug-likeness (QED) is 0.537. The summed E-state index contributed by atoms with van der Waals surface area (Å²) in [6.45, 7) is 0. The van der Waals surface area contributed by atoms with Gasteiger partial charge in [0.25, 0.3) is 0 Å². The van der Waals surface area contributed by atoms with E-state index in [-0.39, 0.29) is 9.90 Å². The fourth-order valence-corrected chi connectivity index (χ4v) is 0.577. The minimum Gasteiger partial charge on any atom is -0.450 e. The average molecular weight is 232 g/mol. The Kier molecular flexibility index (Phi) is 9.79. The van der Waals surface area contributed by atoms with Crippen molar-refractivity contribution < 1.29 is 0 Å². The third kappa shape index (κ3) is 8.65. The zero-order valence-electron chi connectivity index (χ0n) is 8.33. The SMILES string of the molecule is [P+3].c1c[n-]cn1.c1c[n-]cn1.c1c[n-]cn1. The van der Waals surface area contributed by atoms with Crippen LogP contribution >= 0.6 is 9.90 Å². The van der Waals surface area contributed by atoms with E-state index in [9.17, 15) is 0 Å². The second-order valence-electron chi connectivity index (χ2n) is 2.14. The molecule has 0 aromatic carbocycles. The summed E-state index contributed by atoms with van der Waals surface area (Å²) in [4.78, 5) is 21.7. The summed E-state index contributed by atoms with van der Waals surface area (Å²) in [5.74, 6) is 0. The van der Waals surface area contributed by atoms with Gasteiger partial charge in [-0.05, 0) is 0 Å². The van der Waals surface area contributed by atoms with Crippen molar-refractivity contribution in [3.05, 3.63) is 56.2 Å². The third-order valence-corrected chi connectivity index (χ3v) is 1.12. The van der Waals surface area contributed by atoms with Crippen LogP contribution < -0.4 is 15.0 Å². The van der Waals surface area contributed by atoms with E-state index < -0.39 is 0 Å². The van der Waals surface area contributed by atoms with Crippen molar-refractivity contribution in [2.45, 2.75) is 0 Å². The molecule has 16 heavy (non-hydrogen) atoms. The molecule has 0 spiro atoms. The van der Waals surface area contributed by atoms with Crippen LogP contribution in [-0.4, -0.2) is 15.0 Å². The Morgan fingerprint density at radius 2 is 0.875 bits per heavy atom. The van der Waals surface area contributed by atoms with Crippen LogP contribution in [0, 0.1) is 0 Å². The maximum Gasteiger partial charge on any atom is 3.00 e. The zero-order chi connectivity index (χ0) is 10.6. The summed E-state index contributed by atoms with van der Waals surface area (Å²) in [5, 5.41) is 0. The molecule has 0 bridgehead atoms. The van der Waals surface area contributed by atoms with Gasteiger partial charge in [-0.2, -0.15) is 0 Å². The molecule has 2 radical (unpaired) electrons. The van der Waals surface area contributed by atoms with Crippen LogP contribution in [0.4, 0.5) is 0 Å². The Bertz CT molecular complexity index is 252. The Labute approximate surface area is 96.6 Å². The molecule has 3 rings (SSSR count). The van der Waals surface area contributed by atoms with Crippen LogP contribution in [0.1, 0.15) is 0 Å². The minimum absolute atomic E-state index is 0. The van der Waals surface area contributed by atoms with E-state index in [1.54, 1.807) is 37.2 Å².